The minimum Gasteiger partial charge on any atom is -0.317 e. The quantitative estimate of drug-likeness (QED) is 0.710. The van der Waals surface area contributed by atoms with Crippen molar-refractivity contribution in [2.75, 3.05) is 46.8 Å². The summed E-state index contributed by atoms with van der Waals surface area (Å²) in [5, 5.41) is 3.43. The summed E-state index contributed by atoms with van der Waals surface area (Å²) in [4.78, 5) is 4.93. The van der Waals surface area contributed by atoms with Gasteiger partial charge in [-0.25, -0.2) is 0 Å². The molecule has 0 bridgehead atoms. The molecule has 3 nitrogen and oxygen atoms in total. The molecule has 0 aromatic carbocycles. The molecule has 3 heteroatoms. The van der Waals surface area contributed by atoms with Crippen molar-refractivity contribution in [3.05, 3.63) is 0 Å². The number of nitrogens with one attached hydrogen (secondary N) is 1. The van der Waals surface area contributed by atoms with Crippen LogP contribution in [0.25, 0.3) is 0 Å². The zero-order valence-corrected chi connectivity index (χ0v) is 10.6. The summed E-state index contributed by atoms with van der Waals surface area (Å²) in [6, 6.07) is 0.832. The summed E-state index contributed by atoms with van der Waals surface area (Å²) in [7, 11) is 4.31. The summed E-state index contributed by atoms with van der Waals surface area (Å²) in [5.41, 5.74) is 0. The Morgan fingerprint density at radius 1 is 1.13 bits per heavy atom. The molecule has 0 spiro atoms. The van der Waals surface area contributed by atoms with Gasteiger partial charge in [0, 0.05) is 6.04 Å². The second-order valence-electron chi connectivity index (χ2n) is 4.77. The van der Waals surface area contributed by atoms with Crippen LogP contribution in [0.15, 0.2) is 0 Å². The second kappa shape index (κ2) is 7.20. The van der Waals surface area contributed by atoms with Crippen molar-refractivity contribution in [1.29, 1.82) is 0 Å². The maximum atomic E-state index is 3.43. The molecule has 0 amide bonds. The van der Waals surface area contributed by atoms with Gasteiger partial charge in [0.1, 0.15) is 0 Å². The van der Waals surface area contributed by atoms with Crippen LogP contribution in [0.2, 0.25) is 0 Å². The number of hydrogen-bond donors (Lipinski definition) is 1. The van der Waals surface area contributed by atoms with E-state index in [1.807, 2.05) is 0 Å². The summed E-state index contributed by atoms with van der Waals surface area (Å²) in [5.74, 6) is 0. The molecule has 1 aliphatic heterocycles. The molecule has 0 aliphatic carbocycles. The summed E-state index contributed by atoms with van der Waals surface area (Å²) < 4.78 is 0. The average Bonchev–Trinajstić information content (AvgIpc) is 2.25. The van der Waals surface area contributed by atoms with Gasteiger partial charge in [-0.05, 0) is 66.1 Å². The van der Waals surface area contributed by atoms with Crippen LogP contribution in [0.5, 0.6) is 0 Å². The van der Waals surface area contributed by atoms with Crippen molar-refractivity contribution in [1.82, 2.24) is 15.1 Å². The van der Waals surface area contributed by atoms with Gasteiger partial charge in [-0.3, -0.25) is 0 Å². The standard InChI is InChI=1S/C12H27N3/c1-4-15(11-5-10-14(2)3)12-6-8-13-9-7-12/h12-13H,4-11H2,1-3H3. The Balaban J connectivity index is 2.21. The van der Waals surface area contributed by atoms with Crippen LogP contribution < -0.4 is 5.32 Å². The Bertz CT molecular complexity index is 153. The lowest BCUT2D eigenvalue weighted by molar-refractivity contribution is 0.163. The first-order chi connectivity index (χ1) is 7.24. The molecule has 0 unspecified atom stereocenters. The molecule has 1 N–H and O–H groups in total. The molecular formula is C12H27N3. The van der Waals surface area contributed by atoms with E-state index in [4.69, 9.17) is 0 Å². The topological polar surface area (TPSA) is 18.5 Å². The van der Waals surface area contributed by atoms with Crippen LogP contribution in [0.4, 0.5) is 0 Å². The molecule has 0 saturated carbocycles. The lowest BCUT2D eigenvalue weighted by atomic mass is 10.0. The van der Waals surface area contributed by atoms with Crippen molar-refractivity contribution < 1.29 is 0 Å². The Labute approximate surface area is 94.8 Å². The van der Waals surface area contributed by atoms with E-state index in [1.165, 1.54) is 52.0 Å². The second-order valence-corrected chi connectivity index (χ2v) is 4.77. The van der Waals surface area contributed by atoms with Gasteiger partial charge in [0.15, 0.2) is 0 Å². The smallest absolute Gasteiger partial charge is 0.0119 e. The molecule has 1 aliphatic rings. The molecule has 15 heavy (non-hydrogen) atoms. The first kappa shape index (κ1) is 12.9. The molecule has 0 aromatic heterocycles. The van der Waals surface area contributed by atoms with E-state index in [2.05, 4.69) is 36.1 Å². The summed E-state index contributed by atoms with van der Waals surface area (Å²) in [6.07, 6.45) is 3.95. The fraction of sp³-hybridized carbons (Fsp3) is 1.00. The Kier molecular flexibility index (Phi) is 6.22. The van der Waals surface area contributed by atoms with Gasteiger partial charge in [0.05, 0.1) is 0 Å². The number of piperidine rings is 1. The highest BCUT2D eigenvalue weighted by Gasteiger charge is 2.18. The van der Waals surface area contributed by atoms with Crippen LogP contribution in [0.3, 0.4) is 0 Å². The van der Waals surface area contributed by atoms with E-state index in [0.29, 0.717) is 0 Å². The monoisotopic (exact) mass is 213 g/mol. The van der Waals surface area contributed by atoms with E-state index in [0.717, 1.165) is 6.04 Å². The maximum absolute atomic E-state index is 3.43. The molecule has 1 saturated heterocycles. The zero-order valence-electron chi connectivity index (χ0n) is 10.6. The Morgan fingerprint density at radius 2 is 1.80 bits per heavy atom. The Hall–Kier alpha value is -0.120. The van der Waals surface area contributed by atoms with Gasteiger partial charge < -0.3 is 15.1 Å². The van der Waals surface area contributed by atoms with E-state index in [1.54, 1.807) is 0 Å². The van der Waals surface area contributed by atoms with E-state index in [9.17, 15) is 0 Å². The number of nitrogens with zero attached hydrogens (tertiary/aromatic N) is 2. The zero-order chi connectivity index (χ0) is 11.1. The molecule has 0 aromatic rings. The van der Waals surface area contributed by atoms with Gasteiger partial charge in [0.25, 0.3) is 0 Å². The molecular weight excluding hydrogens is 186 g/mol. The highest BCUT2D eigenvalue weighted by atomic mass is 15.2. The van der Waals surface area contributed by atoms with E-state index in [-0.39, 0.29) is 0 Å². The van der Waals surface area contributed by atoms with Gasteiger partial charge in [-0.2, -0.15) is 0 Å². The van der Waals surface area contributed by atoms with E-state index >= 15 is 0 Å². The molecule has 0 atom stereocenters. The SMILES string of the molecule is CCN(CCCN(C)C)C1CCNCC1. The third kappa shape index (κ3) is 4.96. The summed E-state index contributed by atoms with van der Waals surface area (Å²) in [6.45, 7) is 8.38. The number of rotatable bonds is 6. The van der Waals surface area contributed by atoms with Crippen LogP contribution >= 0.6 is 0 Å². The number of hydrogen-bond acceptors (Lipinski definition) is 3. The van der Waals surface area contributed by atoms with Crippen LogP contribution in [-0.2, 0) is 0 Å². The predicted octanol–water partition coefficient (Wildman–Crippen LogP) is 1.01. The third-order valence-corrected chi connectivity index (χ3v) is 3.28. The highest BCUT2D eigenvalue weighted by Crippen LogP contribution is 2.11. The van der Waals surface area contributed by atoms with Gasteiger partial charge in [-0.15, -0.1) is 0 Å². The minimum absolute atomic E-state index is 0.832. The molecule has 90 valence electrons. The molecule has 0 radical (unpaired) electrons. The van der Waals surface area contributed by atoms with Crippen LogP contribution in [-0.4, -0.2) is 62.7 Å². The third-order valence-electron chi connectivity index (χ3n) is 3.28. The predicted molar refractivity (Wildman–Crippen MR) is 66.3 cm³/mol. The molecule has 1 heterocycles. The van der Waals surface area contributed by atoms with Gasteiger partial charge in [0.2, 0.25) is 0 Å². The lowest BCUT2D eigenvalue weighted by Gasteiger charge is -2.34. The average molecular weight is 213 g/mol. The fourth-order valence-corrected chi connectivity index (χ4v) is 2.36. The summed E-state index contributed by atoms with van der Waals surface area (Å²) >= 11 is 0. The first-order valence-corrected chi connectivity index (χ1v) is 6.33. The van der Waals surface area contributed by atoms with Crippen molar-refractivity contribution in [3.8, 4) is 0 Å². The molecule has 1 fully saturated rings. The van der Waals surface area contributed by atoms with Gasteiger partial charge >= 0.3 is 0 Å². The van der Waals surface area contributed by atoms with Crippen molar-refractivity contribution in [3.63, 3.8) is 0 Å². The van der Waals surface area contributed by atoms with Gasteiger partial charge in [-0.1, -0.05) is 6.92 Å². The van der Waals surface area contributed by atoms with Crippen molar-refractivity contribution >= 4 is 0 Å². The van der Waals surface area contributed by atoms with Crippen molar-refractivity contribution in [2.45, 2.75) is 32.2 Å². The normalized spacial score (nSPS) is 19.0. The maximum Gasteiger partial charge on any atom is 0.0119 e. The largest absolute Gasteiger partial charge is 0.317 e. The highest BCUT2D eigenvalue weighted by molar-refractivity contribution is 4.77. The van der Waals surface area contributed by atoms with Crippen molar-refractivity contribution in [2.24, 2.45) is 0 Å². The Morgan fingerprint density at radius 3 is 2.33 bits per heavy atom. The molecule has 1 rings (SSSR count). The van der Waals surface area contributed by atoms with Crippen LogP contribution in [0.1, 0.15) is 26.2 Å². The van der Waals surface area contributed by atoms with E-state index < -0.39 is 0 Å². The minimum atomic E-state index is 0.832. The lowest BCUT2D eigenvalue weighted by Crippen LogP contribution is -2.43. The fourth-order valence-electron chi connectivity index (χ4n) is 2.36. The first-order valence-electron chi connectivity index (χ1n) is 6.33. The van der Waals surface area contributed by atoms with Crippen LogP contribution in [0, 0.1) is 0 Å².